The lowest BCUT2D eigenvalue weighted by atomic mass is 10.0. The molecule has 0 bridgehead atoms. The summed E-state index contributed by atoms with van der Waals surface area (Å²) < 4.78 is 24.7. The summed E-state index contributed by atoms with van der Waals surface area (Å²) in [6.45, 7) is 4.00. The third kappa shape index (κ3) is 3.04. The van der Waals surface area contributed by atoms with Crippen LogP contribution in [0.3, 0.4) is 0 Å². The molecule has 0 spiro atoms. The van der Waals surface area contributed by atoms with Crippen LogP contribution in [0.5, 0.6) is 11.5 Å². The molecular weight excluding hydrogens is 259 g/mol. The van der Waals surface area contributed by atoms with E-state index in [2.05, 4.69) is 4.90 Å². The van der Waals surface area contributed by atoms with E-state index < -0.39 is 0 Å². The summed E-state index contributed by atoms with van der Waals surface area (Å²) in [5, 5.41) is 0. The zero-order chi connectivity index (χ0) is 13.9. The number of likely N-dealkylation sites (tertiary alicyclic amines) is 1. The Balaban J connectivity index is 1.66. The molecule has 1 aromatic carbocycles. The van der Waals surface area contributed by atoms with Gasteiger partial charge >= 0.3 is 0 Å². The molecule has 0 radical (unpaired) electrons. The van der Waals surface area contributed by atoms with E-state index in [9.17, 15) is 4.39 Å². The molecule has 3 rings (SSSR count). The summed E-state index contributed by atoms with van der Waals surface area (Å²) >= 11 is 0. The number of rotatable bonds is 4. The number of hydrogen-bond acceptors (Lipinski definition) is 4. The van der Waals surface area contributed by atoms with Gasteiger partial charge in [-0.3, -0.25) is 0 Å². The molecule has 110 valence electrons. The van der Waals surface area contributed by atoms with Crippen molar-refractivity contribution in [2.45, 2.75) is 25.3 Å². The number of hydrogen-bond donors (Lipinski definition) is 1. The Hall–Kier alpha value is -1.33. The lowest BCUT2D eigenvalue weighted by Crippen LogP contribution is -2.37. The molecule has 5 heteroatoms. The molecule has 0 aliphatic carbocycles. The second kappa shape index (κ2) is 5.97. The highest BCUT2D eigenvalue weighted by Gasteiger charge is 2.20. The van der Waals surface area contributed by atoms with E-state index in [0.717, 1.165) is 25.2 Å². The van der Waals surface area contributed by atoms with Crippen molar-refractivity contribution in [3.8, 4) is 11.5 Å². The first-order chi connectivity index (χ1) is 9.72. The van der Waals surface area contributed by atoms with Crippen LogP contribution >= 0.6 is 0 Å². The Bertz CT molecular complexity index is 475. The van der Waals surface area contributed by atoms with E-state index in [0.29, 0.717) is 25.4 Å². The summed E-state index contributed by atoms with van der Waals surface area (Å²) in [6.07, 6.45) is 3.17. The number of fused-ring (bicyclic) bond motifs is 1. The maximum atomic E-state index is 13.9. The first-order valence-electron chi connectivity index (χ1n) is 7.28. The Kier molecular flexibility index (Phi) is 4.08. The zero-order valence-corrected chi connectivity index (χ0v) is 11.6. The van der Waals surface area contributed by atoms with Crippen LogP contribution in [-0.4, -0.2) is 43.8 Å². The minimum atomic E-state index is -0.356. The number of nitrogens with zero attached hydrogens (tertiary/aromatic N) is 1. The number of halogens is 1. The van der Waals surface area contributed by atoms with E-state index in [1.807, 2.05) is 6.07 Å². The van der Waals surface area contributed by atoms with Crippen LogP contribution in [0.1, 0.15) is 18.4 Å². The third-order valence-corrected chi connectivity index (χ3v) is 3.85. The van der Waals surface area contributed by atoms with E-state index in [1.165, 1.54) is 18.9 Å². The van der Waals surface area contributed by atoms with E-state index in [-0.39, 0.29) is 17.6 Å². The van der Waals surface area contributed by atoms with Gasteiger partial charge in [-0.05, 0) is 50.0 Å². The van der Waals surface area contributed by atoms with Gasteiger partial charge in [-0.15, -0.1) is 0 Å². The van der Waals surface area contributed by atoms with Crippen molar-refractivity contribution in [3.05, 3.63) is 23.5 Å². The third-order valence-electron chi connectivity index (χ3n) is 3.85. The summed E-state index contributed by atoms with van der Waals surface area (Å²) in [4.78, 5) is 2.37. The van der Waals surface area contributed by atoms with Gasteiger partial charge in [-0.1, -0.05) is 0 Å². The van der Waals surface area contributed by atoms with Gasteiger partial charge in [0.15, 0.2) is 17.3 Å². The minimum Gasteiger partial charge on any atom is -0.486 e. The average Bonchev–Trinajstić information content (AvgIpc) is 2.91. The van der Waals surface area contributed by atoms with Gasteiger partial charge in [0, 0.05) is 12.6 Å². The minimum absolute atomic E-state index is 0.0232. The van der Waals surface area contributed by atoms with Crippen LogP contribution in [0, 0.1) is 5.82 Å². The van der Waals surface area contributed by atoms with Gasteiger partial charge < -0.3 is 20.1 Å². The first-order valence-corrected chi connectivity index (χ1v) is 7.28. The van der Waals surface area contributed by atoms with Gasteiger partial charge in [-0.25, -0.2) is 4.39 Å². The van der Waals surface area contributed by atoms with Gasteiger partial charge in [0.25, 0.3) is 0 Å². The topological polar surface area (TPSA) is 47.7 Å². The Morgan fingerprint density at radius 1 is 1.20 bits per heavy atom. The predicted octanol–water partition coefficient (Wildman–Crippen LogP) is 1.56. The normalized spacial score (nSPS) is 20.1. The molecule has 4 nitrogen and oxygen atoms in total. The maximum absolute atomic E-state index is 13.9. The molecule has 0 amide bonds. The first kappa shape index (κ1) is 13.6. The second-order valence-electron chi connectivity index (χ2n) is 5.57. The fourth-order valence-electron chi connectivity index (χ4n) is 2.95. The number of nitrogens with two attached hydrogens (primary N) is 1. The molecule has 1 aromatic rings. The lowest BCUT2D eigenvalue weighted by Gasteiger charge is -2.22. The molecule has 1 atom stereocenters. The van der Waals surface area contributed by atoms with Crippen LogP contribution in [0.2, 0.25) is 0 Å². The average molecular weight is 280 g/mol. The predicted molar refractivity (Wildman–Crippen MR) is 74.7 cm³/mol. The highest BCUT2D eigenvalue weighted by atomic mass is 19.1. The van der Waals surface area contributed by atoms with Gasteiger partial charge in [-0.2, -0.15) is 0 Å². The molecule has 2 aliphatic heterocycles. The number of ether oxygens (including phenoxy) is 2. The van der Waals surface area contributed by atoms with Crippen LogP contribution in [0.4, 0.5) is 4.39 Å². The summed E-state index contributed by atoms with van der Waals surface area (Å²) in [7, 11) is 0. The zero-order valence-electron chi connectivity index (χ0n) is 11.6. The van der Waals surface area contributed by atoms with Crippen molar-refractivity contribution < 1.29 is 13.9 Å². The molecule has 0 saturated carbocycles. The van der Waals surface area contributed by atoms with Crippen molar-refractivity contribution in [2.24, 2.45) is 5.73 Å². The molecule has 0 unspecified atom stereocenters. The quantitative estimate of drug-likeness (QED) is 0.909. The molecule has 2 N–H and O–H groups in total. The molecule has 2 heterocycles. The van der Waals surface area contributed by atoms with Gasteiger partial charge in [0.05, 0.1) is 0 Å². The van der Waals surface area contributed by atoms with Crippen molar-refractivity contribution in [2.75, 3.05) is 32.8 Å². The Labute approximate surface area is 118 Å². The fourth-order valence-corrected chi connectivity index (χ4v) is 2.95. The van der Waals surface area contributed by atoms with E-state index >= 15 is 0 Å². The molecule has 0 aromatic heterocycles. The van der Waals surface area contributed by atoms with Crippen LogP contribution in [-0.2, 0) is 6.42 Å². The van der Waals surface area contributed by atoms with Crippen LogP contribution in [0.15, 0.2) is 12.1 Å². The van der Waals surface area contributed by atoms with Gasteiger partial charge in [0.1, 0.15) is 13.2 Å². The summed E-state index contributed by atoms with van der Waals surface area (Å²) in [5.74, 6) is 0.373. The largest absolute Gasteiger partial charge is 0.486 e. The standard InChI is InChI=1S/C15H21FN2O2/c16-13-8-11(9-14-15(13)20-6-5-19-14)7-12(17)10-18-3-1-2-4-18/h8-9,12H,1-7,10,17H2/t12-/m0/s1. The monoisotopic (exact) mass is 280 g/mol. The smallest absolute Gasteiger partial charge is 0.197 e. The summed E-state index contributed by atoms with van der Waals surface area (Å²) in [5.41, 5.74) is 7.05. The molecule has 1 fully saturated rings. The van der Waals surface area contributed by atoms with E-state index in [1.54, 1.807) is 0 Å². The van der Waals surface area contributed by atoms with Crippen molar-refractivity contribution in [1.82, 2.24) is 4.90 Å². The summed E-state index contributed by atoms with van der Waals surface area (Å²) in [6, 6.07) is 3.38. The van der Waals surface area contributed by atoms with Crippen molar-refractivity contribution >= 4 is 0 Å². The molecule has 2 aliphatic rings. The molecular formula is C15H21FN2O2. The molecule has 1 saturated heterocycles. The lowest BCUT2D eigenvalue weighted by molar-refractivity contribution is 0.164. The van der Waals surface area contributed by atoms with Crippen LogP contribution in [0.25, 0.3) is 0 Å². The maximum Gasteiger partial charge on any atom is 0.197 e. The Morgan fingerprint density at radius 2 is 1.95 bits per heavy atom. The van der Waals surface area contributed by atoms with Crippen molar-refractivity contribution in [3.63, 3.8) is 0 Å². The fraction of sp³-hybridized carbons (Fsp3) is 0.600. The highest BCUT2D eigenvalue weighted by Crippen LogP contribution is 2.34. The number of benzene rings is 1. The SMILES string of the molecule is N[C@@H](Cc1cc(F)c2c(c1)OCCO2)CN1CCCC1. The second-order valence-corrected chi connectivity index (χ2v) is 5.57. The van der Waals surface area contributed by atoms with Crippen molar-refractivity contribution in [1.29, 1.82) is 0 Å². The highest BCUT2D eigenvalue weighted by molar-refractivity contribution is 5.45. The molecule has 20 heavy (non-hydrogen) atoms. The Morgan fingerprint density at radius 3 is 2.75 bits per heavy atom. The van der Waals surface area contributed by atoms with Crippen LogP contribution < -0.4 is 15.2 Å². The van der Waals surface area contributed by atoms with Gasteiger partial charge in [0.2, 0.25) is 0 Å². The van der Waals surface area contributed by atoms with E-state index in [4.69, 9.17) is 15.2 Å².